The van der Waals surface area contributed by atoms with Gasteiger partial charge in [-0.05, 0) is 67.6 Å². The van der Waals surface area contributed by atoms with Crippen molar-refractivity contribution in [3.63, 3.8) is 0 Å². The van der Waals surface area contributed by atoms with Gasteiger partial charge in [-0.3, -0.25) is 4.98 Å². The zero-order valence-electron chi connectivity index (χ0n) is 14.5. The Morgan fingerprint density at radius 1 is 1.08 bits per heavy atom. The molecule has 2 atom stereocenters. The second-order valence-corrected chi connectivity index (χ2v) is 7.05. The number of nitrogens with two attached hydrogens (primary N) is 1. The van der Waals surface area contributed by atoms with E-state index in [1.807, 2.05) is 13.8 Å². The fourth-order valence-electron chi connectivity index (χ4n) is 4.04. The van der Waals surface area contributed by atoms with Gasteiger partial charge in [-0.25, -0.2) is 0 Å². The number of aromatic nitrogens is 1. The zero-order chi connectivity index (χ0) is 16.7. The fourth-order valence-corrected chi connectivity index (χ4v) is 4.04. The van der Waals surface area contributed by atoms with Crippen LogP contribution in [0.4, 0.5) is 5.69 Å². The average Bonchev–Trinajstić information content (AvgIpc) is 2.91. The topological polar surface area (TPSA) is 51.4 Å². The summed E-state index contributed by atoms with van der Waals surface area (Å²) in [5, 5.41) is 0. The Morgan fingerprint density at radius 3 is 2.38 bits per heavy atom. The number of aryl methyl sites for hydroxylation is 2. The minimum Gasteiger partial charge on any atom is -0.371 e. The van der Waals surface area contributed by atoms with E-state index >= 15 is 0 Å². The summed E-state index contributed by atoms with van der Waals surface area (Å²) >= 11 is 0. The molecule has 24 heavy (non-hydrogen) atoms. The highest BCUT2D eigenvalue weighted by molar-refractivity contribution is 5.71. The number of morpholine rings is 1. The molecule has 2 saturated heterocycles. The van der Waals surface area contributed by atoms with Gasteiger partial charge in [0.05, 0.1) is 12.2 Å². The summed E-state index contributed by atoms with van der Waals surface area (Å²) in [5.41, 5.74) is 13.0. The Hall–Kier alpha value is -1.91. The highest BCUT2D eigenvalue weighted by Gasteiger charge is 2.33. The predicted molar refractivity (Wildman–Crippen MR) is 97.1 cm³/mol. The predicted octanol–water partition coefficient (Wildman–Crippen LogP) is 3.19. The number of anilines is 1. The fraction of sp³-hybridized carbons (Fsp3) is 0.450. The van der Waals surface area contributed by atoms with Crippen molar-refractivity contribution in [2.24, 2.45) is 5.73 Å². The third kappa shape index (κ3) is 2.92. The van der Waals surface area contributed by atoms with Crippen molar-refractivity contribution in [3.8, 4) is 11.1 Å². The first-order chi connectivity index (χ1) is 11.6. The van der Waals surface area contributed by atoms with Crippen LogP contribution in [-0.4, -0.2) is 30.3 Å². The van der Waals surface area contributed by atoms with E-state index in [-0.39, 0.29) is 0 Å². The summed E-state index contributed by atoms with van der Waals surface area (Å²) in [5.74, 6) is 0. The molecule has 0 amide bonds. The Bertz CT molecular complexity index is 726. The molecule has 3 heterocycles. The molecule has 2 fully saturated rings. The van der Waals surface area contributed by atoms with Gasteiger partial charge in [0.1, 0.15) is 0 Å². The molecule has 2 aliphatic heterocycles. The van der Waals surface area contributed by atoms with Gasteiger partial charge in [-0.2, -0.15) is 0 Å². The first-order valence-electron chi connectivity index (χ1n) is 8.81. The Labute approximate surface area is 143 Å². The summed E-state index contributed by atoms with van der Waals surface area (Å²) in [7, 11) is 0. The molecule has 2 bridgehead atoms. The molecule has 4 nitrogen and oxygen atoms in total. The third-order valence-corrected chi connectivity index (χ3v) is 5.11. The van der Waals surface area contributed by atoms with E-state index in [1.165, 1.54) is 35.2 Å². The molecule has 0 aliphatic carbocycles. The minimum atomic E-state index is 0.398. The third-order valence-electron chi connectivity index (χ3n) is 5.11. The van der Waals surface area contributed by atoms with E-state index in [2.05, 4.69) is 40.2 Å². The lowest BCUT2D eigenvalue weighted by Gasteiger charge is -2.34. The molecule has 2 aliphatic rings. The van der Waals surface area contributed by atoms with Crippen molar-refractivity contribution < 1.29 is 4.74 Å². The van der Waals surface area contributed by atoms with Gasteiger partial charge in [0.25, 0.3) is 0 Å². The summed E-state index contributed by atoms with van der Waals surface area (Å²) in [6.45, 7) is 6.61. The van der Waals surface area contributed by atoms with Crippen LogP contribution in [0.3, 0.4) is 0 Å². The van der Waals surface area contributed by atoms with Crippen LogP contribution in [0.15, 0.2) is 30.3 Å². The van der Waals surface area contributed by atoms with Gasteiger partial charge in [0.2, 0.25) is 0 Å². The molecule has 126 valence electrons. The van der Waals surface area contributed by atoms with Crippen molar-refractivity contribution in [1.29, 1.82) is 0 Å². The number of fused-ring (bicyclic) bond motifs is 2. The number of pyridine rings is 1. The second-order valence-electron chi connectivity index (χ2n) is 7.05. The summed E-state index contributed by atoms with van der Waals surface area (Å²) in [6.07, 6.45) is 3.18. The van der Waals surface area contributed by atoms with Crippen molar-refractivity contribution >= 4 is 5.69 Å². The van der Waals surface area contributed by atoms with Gasteiger partial charge in [-0.1, -0.05) is 6.07 Å². The molecule has 2 N–H and O–H groups in total. The Balaban J connectivity index is 1.68. The van der Waals surface area contributed by atoms with E-state index in [1.54, 1.807) is 0 Å². The van der Waals surface area contributed by atoms with Crippen LogP contribution in [0.5, 0.6) is 0 Å². The summed E-state index contributed by atoms with van der Waals surface area (Å²) < 4.78 is 5.95. The molecular weight excluding hydrogens is 298 g/mol. The highest BCUT2D eigenvalue weighted by atomic mass is 16.5. The lowest BCUT2D eigenvalue weighted by Crippen LogP contribution is -2.42. The van der Waals surface area contributed by atoms with Crippen molar-refractivity contribution in [2.75, 3.05) is 18.0 Å². The van der Waals surface area contributed by atoms with E-state index in [0.717, 1.165) is 24.5 Å². The van der Waals surface area contributed by atoms with Crippen LogP contribution in [-0.2, 0) is 11.3 Å². The number of rotatable bonds is 3. The van der Waals surface area contributed by atoms with Crippen molar-refractivity contribution in [3.05, 3.63) is 47.3 Å². The first kappa shape index (κ1) is 15.6. The molecule has 4 heteroatoms. The summed E-state index contributed by atoms with van der Waals surface area (Å²) in [6, 6.07) is 11.0. The van der Waals surface area contributed by atoms with Crippen LogP contribution < -0.4 is 10.6 Å². The van der Waals surface area contributed by atoms with Gasteiger partial charge in [0, 0.05) is 36.7 Å². The quantitative estimate of drug-likeness (QED) is 0.942. The minimum absolute atomic E-state index is 0.398. The number of ether oxygens (including phenoxy) is 1. The van der Waals surface area contributed by atoms with Gasteiger partial charge in [0.15, 0.2) is 0 Å². The molecule has 1 aromatic carbocycles. The van der Waals surface area contributed by atoms with Crippen LogP contribution in [0.1, 0.15) is 29.8 Å². The van der Waals surface area contributed by atoms with E-state index in [9.17, 15) is 0 Å². The maximum Gasteiger partial charge on any atom is 0.0755 e. The standard InChI is InChI=1S/C20H25N3O/c1-13-7-15(8-14(2)22-13)20-6-3-17(9-16(20)10-21)23-11-18-4-5-19(12-23)24-18/h3,6-9,18-19H,4-5,10-12,21H2,1-2H3/t18-,19+. The Kier molecular flexibility index (Phi) is 4.02. The maximum atomic E-state index is 6.07. The molecule has 1 aromatic heterocycles. The van der Waals surface area contributed by atoms with Crippen molar-refractivity contribution in [2.45, 2.75) is 45.4 Å². The average molecular weight is 323 g/mol. The monoisotopic (exact) mass is 323 g/mol. The van der Waals surface area contributed by atoms with Crippen LogP contribution in [0.25, 0.3) is 11.1 Å². The molecule has 0 unspecified atom stereocenters. The van der Waals surface area contributed by atoms with Crippen molar-refractivity contribution in [1.82, 2.24) is 4.98 Å². The molecule has 0 saturated carbocycles. The SMILES string of the molecule is Cc1cc(-c2ccc(N3C[C@H]4CC[C@@H](C3)O4)cc2CN)cc(C)n1. The number of nitrogens with zero attached hydrogens (tertiary/aromatic N) is 2. The molecule has 0 radical (unpaired) electrons. The van der Waals surface area contributed by atoms with Gasteiger partial charge >= 0.3 is 0 Å². The number of hydrogen-bond donors (Lipinski definition) is 1. The molecule has 2 aromatic rings. The highest BCUT2D eigenvalue weighted by Crippen LogP contribution is 2.33. The number of hydrogen-bond acceptors (Lipinski definition) is 4. The Morgan fingerprint density at radius 2 is 1.75 bits per heavy atom. The van der Waals surface area contributed by atoms with Gasteiger partial charge < -0.3 is 15.4 Å². The first-order valence-corrected chi connectivity index (χ1v) is 8.81. The number of benzene rings is 1. The lowest BCUT2D eigenvalue weighted by molar-refractivity contribution is 0.0305. The van der Waals surface area contributed by atoms with E-state index < -0.39 is 0 Å². The summed E-state index contributed by atoms with van der Waals surface area (Å²) in [4.78, 5) is 6.93. The normalized spacial score (nSPS) is 22.9. The van der Waals surface area contributed by atoms with Crippen LogP contribution >= 0.6 is 0 Å². The maximum absolute atomic E-state index is 6.07. The smallest absolute Gasteiger partial charge is 0.0755 e. The molecule has 4 rings (SSSR count). The van der Waals surface area contributed by atoms with E-state index in [4.69, 9.17) is 10.5 Å². The van der Waals surface area contributed by atoms with E-state index in [0.29, 0.717) is 18.8 Å². The van der Waals surface area contributed by atoms with Crippen LogP contribution in [0.2, 0.25) is 0 Å². The lowest BCUT2D eigenvalue weighted by atomic mass is 9.98. The second kappa shape index (κ2) is 6.19. The zero-order valence-corrected chi connectivity index (χ0v) is 14.5. The molecular formula is C20H25N3O. The molecule has 0 spiro atoms. The van der Waals surface area contributed by atoms with Gasteiger partial charge in [-0.15, -0.1) is 0 Å². The van der Waals surface area contributed by atoms with Crippen LogP contribution in [0, 0.1) is 13.8 Å². The largest absolute Gasteiger partial charge is 0.371 e.